The maximum absolute atomic E-state index is 9.29. The minimum atomic E-state index is -0.461. The van der Waals surface area contributed by atoms with Crippen LogP contribution in [0.25, 0.3) is 0 Å². The Balaban J connectivity index is 2.85. The van der Waals surface area contributed by atoms with Crippen LogP contribution in [0.3, 0.4) is 0 Å². The highest BCUT2D eigenvalue weighted by Gasteiger charge is 2.11. The molecule has 1 aromatic rings. The third-order valence-corrected chi connectivity index (χ3v) is 1.83. The molecule has 0 radical (unpaired) electrons. The van der Waals surface area contributed by atoms with E-state index in [4.69, 9.17) is 9.47 Å². The zero-order chi connectivity index (χ0) is 12.8. The van der Waals surface area contributed by atoms with Gasteiger partial charge in [-0.1, -0.05) is 25.3 Å². The Bertz CT molecular complexity index is 375. The quantitative estimate of drug-likeness (QED) is 0.755. The number of rotatable bonds is 6. The largest absolute Gasteiger partial charge is 0.479 e. The van der Waals surface area contributed by atoms with E-state index in [-0.39, 0.29) is 24.2 Å². The van der Waals surface area contributed by atoms with Crippen LogP contribution in [0.4, 0.5) is 0 Å². The molecule has 0 saturated heterocycles. The van der Waals surface area contributed by atoms with E-state index >= 15 is 0 Å². The van der Waals surface area contributed by atoms with Gasteiger partial charge in [0.05, 0.1) is 0 Å². The summed E-state index contributed by atoms with van der Waals surface area (Å²) in [7, 11) is 0. The third kappa shape index (κ3) is 4.10. The van der Waals surface area contributed by atoms with Gasteiger partial charge >= 0.3 is 18.0 Å². The van der Waals surface area contributed by atoms with Crippen LogP contribution in [0.15, 0.2) is 25.3 Å². The molecule has 92 valence electrons. The Hall–Kier alpha value is -2.11. The molecule has 6 nitrogen and oxygen atoms in total. The topological polar surface area (TPSA) is 77.4 Å². The van der Waals surface area contributed by atoms with E-state index in [2.05, 4.69) is 28.1 Å². The number of nitrogens with zero attached hydrogens (tertiary/aromatic N) is 3. The van der Waals surface area contributed by atoms with Crippen molar-refractivity contribution in [3.63, 3.8) is 0 Å². The first-order chi connectivity index (χ1) is 8.05. The molecule has 1 heterocycles. The Morgan fingerprint density at radius 2 is 1.41 bits per heavy atom. The zero-order valence-electron chi connectivity index (χ0n) is 9.83. The highest BCUT2D eigenvalue weighted by molar-refractivity contribution is 5.09. The van der Waals surface area contributed by atoms with Crippen molar-refractivity contribution in [3.8, 4) is 18.0 Å². The number of hydrogen-bond acceptors (Lipinski definition) is 6. The fourth-order valence-electron chi connectivity index (χ4n) is 0.862. The predicted molar refractivity (Wildman–Crippen MR) is 62.1 cm³/mol. The van der Waals surface area contributed by atoms with Crippen LogP contribution in [-0.4, -0.2) is 32.3 Å². The molecule has 2 atom stereocenters. The highest BCUT2D eigenvalue weighted by Crippen LogP contribution is 2.15. The minimum absolute atomic E-state index is 0.0174. The summed E-state index contributed by atoms with van der Waals surface area (Å²) in [5, 5.41) is 9.29. The SMILES string of the molecule is C=CC(C)Oc1nc(O)nc(OC(C)C=C)n1. The smallest absolute Gasteiger partial charge is 0.326 e. The molecule has 0 saturated carbocycles. The van der Waals surface area contributed by atoms with Gasteiger partial charge in [-0.2, -0.15) is 0 Å². The Morgan fingerprint density at radius 3 is 1.76 bits per heavy atom. The van der Waals surface area contributed by atoms with Gasteiger partial charge in [0.25, 0.3) is 0 Å². The molecule has 0 aromatic carbocycles. The van der Waals surface area contributed by atoms with Gasteiger partial charge in [0.15, 0.2) is 0 Å². The monoisotopic (exact) mass is 237 g/mol. The fraction of sp³-hybridized carbons (Fsp3) is 0.364. The molecule has 0 spiro atoms. The first-order valence-corrected chi connectivity index (χ1v) is 5.08. The molecule has 6 heteroatoms. The Kier molecular flexibility index (Phi) is 4.45. The molecular formula is C11H15N3O3. The van der Waals surface area contributed by atoms with Crippen molar-refractivity contribution >= 4 is 0 Å². The minimum Gasteiger partial charge on any atom is -0.479 e. The van der Waals surface area contributed by atoms with Gasteiger partial charge in [0.1, 0.15) is 12.2 Å². The molecule has 0 aliphatic rings. The van der Waals surface area contributed by atoms with Crippen molar-refractivity contribution in [1.29, 1.82) is 0 Å². The standard InChI is InChI=1S/C11H15N3O3/c1-5-7(3)16-10-12-9(15)13-11(14-10)17-8(4)6-2/h5-8H,1-2H2,3-4H3,(H,12,13,14,15). The molecule has 17 heavy (non-hydrogen) atoms. The van der Waals surface area contributed by atoms with Crippen LogP contribution in [0.5, 0.6) is 18.0 Å². The average molecular weight is 237 g/mol. The van der Waals surface area contributed by atoms with Gasteiger partial charge in [0, 0.05) is 0 Å². The van der Waals surface area contributed by atoms with E-state index in [0.717, 1.165) is 0 Å². The lowest BCUT2D eigenvalue weighted by Gasteiger charge is -2.11. The summed E-state index contributed by atoms with van der Waals surface area (Å²) >= 11 is 0. The molecule has 0 aliphatic heterocycles. The summed E-state index contributed by atoms with van der Waals surface area (Å²) in [5.41, 5.74) is 0. The first kappa shape index (κ1) is 13.0. The summed E-state index contributed by atoms with van der Waals surface area (Å²) in [6.07, 6.45) is 2.60. The Morgan fingerprint density at radius 1 is 1.00 bits per heavy atom. The van der Waals surface area contributed by atoms with E-state index in [1.165, 1.54) is 0 Å². The molecule has 0 amide bonds. The number of aromatic nitrogens is 3. The van der Waals surface area contributed by atoms with E-state index in [9.17, 15) is 5.11 Å². The van der Waals surface area contributed by atoms with Gasteiger partial charge in [-0.15, -0.1) is 15.0 Å². The summed E-state index contributed by atoms with van der Waals surface area (Å²) in [6.45, 7) is 10.6. The molecule has 0 bridgehead atoms. The van der Waals surface area contributed by atoms with E-state index < -0.39 is 6.01 Å². The second-order valence-corrected chi connectivity index (χ2v) is 3.32. The van der Waals surface area contributed by atoms with Crippen molar-refractivity contribution in [2.24, 2.45) is 0 Å². The summed E-state index contributed by atoms with van der Waals surface area (Å²) < 4.78 is 10.5. The van der Waals surface area contributed by atoms with Crippen molar-refractivity contribution in [1.82, 2.24) is 15.0 Å². The van der Waals surface area contributed by atoms with Crippen LogP contribution in [-0.2, 0) is 0 Å². The van der Waals surface area contributed by atoms with Crippen LogP contribution in [0.1, 0.15) is 13.8 Å². The fourth-order valence-corrected chi connectivity index (χ4v) is 0.862. The summed E-state index contributed by atoms with van der Waals surface area (Å²) in [4.78, 5) is 11.1. The molecule has 1 aromatic heterocycles. The number of hydrogen-bond donors (Lipinski definition) is 1. The summed E-state index contributed by atoms with van der Waals surface area (Å²) in [5.74, 6) is 0. The van der Waals surface area contributed by atoms with E-state index in [1.54, 1.807) is 26.0 Å². The van der Waals surface area contributed by atoms with Crippen molar-refractivity contribution in [2.75, 3.05) is 0 Å². The lowest BCUT2D eigenvalue weighted by atomic mass is 10.4. The van der Waals surface area contributed by atoms with Crippen LogP contribution < -0.4 is 9.47 Å². The molecule has 0 fully saturated rings. The lowest BCUT2D eigenvalue weighted by molar-refractivity contribution is 0.213. The molecule has 0 aliphatic carbocycles. The highest BCUT2D eigenvalue weighted by atomic mass is 16.5. The summed E-state index contributed by atoms with van der Waals surface area (Å²) in [6, 6.07) is -0.496. The Labute approximate surface area is 99.7 Å². The maximum Gasteiger partial charge on any atom is 0.326 e. The van der Waals surface area contributed by atoms with Gasteiger partial charge in [-0.3, -0.25) is 0 Å². The van der Waals surface area contributed by atoms with Crippen molar-refractivity contribution in [2.45, 2.75) is 26.1 Å². The number of ether oxygens (including phenoxy) is 2. The third-order valence-electron chi connectivity index (χ3n) is 1.83. The average Bonchev–Trinajstić information content (AvgIpc) is 2.27. The van der Waals surface area contributed by atoms with Crippen molar-refractivity contribution in [3.05, 3.63) is 25.3 Å². The second kappa shape index (κ2) is 5.83. The zero-order valence-corrected chi connectivity index (χ0v) is 9.83. The van der Waals surface area contributed by atoms with Crippen LogP contribution >= 0.6 is 0 Å². The van der Waals surface area contributed by atoms with Crippen LogP contribution in [0.2, 0.25) is 0 Å². The number of aromatic hydroxyl groups is 1. The molecule has 1 N–H and O–H groups in total. The first-order valence-electron chi connectivity index (χ1n) is 5.08. The van der Waals surface area contributed by atoms with E-state index in [0.29, 0.717) is 0 Å². The normalized spacial score (nSPS) is 13.5. The van der Waals surface area contributed by atoms with Crippen LogP contribution in [0, 0.1) is 0 Å². The predicted octanol–water partition coefficient (Wildman–Crippen LogP) is 1.48. The van der Waals surface area contributed by atoms with E-state index in [1.807, 2.05) is 0 Å². The molecular weight excluding hydrogens is 222 g/mol. The van der Waals surface area contributed by atoms with Crippen molar-refractivity contribution < 1.29 is 14.6 Å². The lowest BCUT2D eigenvalue weighted by Crippen LogP contribution is -2.13. The second-order valence-electron chi connectivity index (χ2n) is 3.32. The van der Waals surface area contributed by atoms with Gasteiger partial charge < -0.3 is 14.6 Å². The van der Waals surface area contributed by atoms with Gasteiger partial charge in [-0.05, 0) is 13.8 Å². The maximum atomic E-state index is 9.29. The van der Waals surface area contributed by atoms with Gasteiger partial charge in [0.2, 0.25) is 0 Å². The van der Waals surface area contributed by atoms with Gasteiger partial charge in [-0.25, -0.2) is 0 Å². The molecule has 2 unspecified atom stereocenters. The molecule has 1 rings (SSSR count).